The van der Waals surface area contributed by atoms with Gasteiger partial charge in [-0.25, -0.2) is 4.79 Å². The number of hydrogen-bond donors (Lipinski definition) is 1. The largest absolute Gasteiger partial charge is 0.479 e. The van der Waals surface area contributed by atoms with Crippen LogP contribution in [-0.2, 0) is 14.3 Å². The Balaban J connectivity index is 1.96. The van der Waals surface area contributed by atoms with Gasteiger partial charge in [-0.3, -0.25) is 4.79 Å². The van der Waals surface area contributed by atoms with Crippen molar-refractivity contribution in [1.82, 2.24) is 0 Å². The zero-order valence-electron chi connectivity index (χ0n) is 15.4. The molecule has 28 heavy (non-hydrogen) atoms. The topological polar surface area (TPSA) is 73.9 Å². The standard InChI is InChI=1S/C20H21F2NO5/c1-3-16(27-14-9-5-4-6-10-14)19(25)26-13(2)18(24)23-15-11-7-8-12-17(15)28-20(21)22/h4-13,16,20H,3H2,1-2H3,(H,23,24)/t13-,16-/m0/s1. The average molecular weight is 393 g/mol. The summed E-state index contributed by atoms with van der Waals surface area (Å²) in [6, 6.07) is 14.5. The molecule has 0 aliphatic rings. The van der Waals surface area contributed by atoms with Crippen LogP contribution in [0.25, 0.3) is 0 Å². The molecular formula is C20H21F2NO5. The molecule has 2 aromatic carbocycles. The third kappa shape index (κ3) is 6.22. The number of benzene rings is 2. The lowest BCUT2D eigenvalue weighted by Crippen LogP contribution is -2.36. The first-order valence-corrected chi connectivity index (χ1v) is 8.67. The second-order valence-electron chi connectivity index (χ2n) is 5.77. The summed E-state index contributed by atoms with van der Waals surface area (Å²) in [7, 11) is 0. The van der Waals surface area contributed by atoms with E-state index in [0.29, 0.717) is 12.2 Å². The number of nitrogens with one attached hydrogen (secondary N) is 1. The molecule has 0 radical (unpaired) electrons. The maximum atomic E-state index is 12.5. The molecule has 1 amide bonds. The van der Waals surface area contributed by atoms with Crippen molar-refractivity contribution in [2.24, 2.45) is 0 Å². The number of alkyl halides is 2. The van der Waals surface area contributed by atoms with Gasteiger partial charge >= 0.3 is 12.6 Å². The summed E-state index contributed by atoms with van der Waals surface area (Å²) < 4.78 is 40.0. The molecule has 0 saturated carbocycles. The Morgan fingerprint density at radius 1 is 1.00 bits per heavy atom. The maximum Gasteiger partial charge on any atom is 0.387 e. The molecule has 0 bridgehead atoms. The number of hydrogen-bond acceptors (Lipinski definition) is 5. The van der Waals surface area contributed by atoms with Crippen LogP contribution in [0.4, 0.5) is 14.5 Å². The molecule has 8 heteroatoms. The van der Waals surface area contributed by atoms with E-state index in [1.165, 1.54) is 25.1 Å². The van der Waals surface area contributed by atoms with E-state index in [0.717, 1.165) is 0 Å². The number of rotatable bonds is 9. The number of carbonyl (C=O) groups is 2. The Morgan fingerprint density at radius 3 is 2.29 bits per heavy atom. The van der Waals surface area contributed by atoms with Gasteiger partial charge in [0.1, 0.15) is 11.5 Å². The van der Waals surface area contributed by atoms with E-state index in [1.807, 2.05) is 6.07 Å². The summed E-state index contributed by atoms with van der Waals surface area (Å²) in [6.07, 6.45) is -1.71. The van der Waals surface area contributed by atoms with Crippen molar-refractivity contribution in [3.8, 4) is 11.5 Å². The van der Waals surface area contributed by atoms with Crippen molar-refractivity contribution in [2.45, 2.75) is 39.1 Å². The molecule has 0 saturated heterocycles. The van der Waals surface area contributed by atoms with Gasteiger partial charge < -0.3 is 19.5 Å². The molecule has 0 unspecified atom stereocenters. The van der Waals surface area contributed by atoms with Crippen molar-refractivity contribution in [2.75, 3.05) is 5.32 Å². The van der Waals surface area contributed by atoms with Crippen LogP contribution in [0.2, 0.25) is 0 Å². The fraction of sp³-hybridized carbons (Fsp3) is 0.300. The summed E-state index contributed by atoms with van der Waals surface area (Å²) in [5.74, 6) is -1.08. The van der Waals surface area contributed by atoms with E-state index < -0.39 is 30.7 Å². The van der Waals surface area contributed by atoms with Gasteiger partial charge in [0.25, 0.3) is 5.91 Å². The molecule has 0 heterocycles. The van der Waals surface area contributed by atoms with Crippen LogP contribution >= 0.6 is 0 Å². The fourth-order valence-corrected chi connectivity index (χ4v) is 2.27. The molecule has 0 fully saturated rings. The summed E-state index contributed by atoms with van der Waals surface area (Å²) >= 11 is 0. The fourth-order valence-electron chi connectivity index (χ4n) is 2.27. The van der Waals surface area contributed by atoms with Gasteiger partial charge in [0.05, 0.1) is 5.69 Å². The van der Waals surface area contributed by atoms with Crippen molar-refractivity contribution < 1.29 is 32.6 Å². The first kappa shape index (κ1) is 21.1. The summed E-state index contributed by atoms with van der Waals surface area (Å²) in [6.45, 7) is 0.0880. The number of esters is 1. The molecule has 150 valence electrons. The van der Waals surface area contributed by atoms with Gasteiger partial charge in [-0.2, -0.15) is 8.78 Å². The van der Waals surface area contributed by atoms with Crippen molar-refractivity contribution in [3.63, 3.8) is 0 Å². The Bertz CT molecular complexity index is 785. The molecule has 2 aromatic rings. The molecule has 0 spiro atoms. The van der Waals surface area contributed by atoms with Gasteiger partial charge in [0.2, 0.25) is 0 Å². The highest BCUT2D eigenvalue weighted by atomic mass is 19.3. The van der Waals surface area contributed by atoms with E-state index >= 15 is 0 Å². The number of para-hydroxylation sites is 3. The molecule has 0 aliphatic carbocycles. The number of anilines is 1. The molecule has 0 aromatic heterocycles. The average Bonchev–Trinajstić information content (AvgIpc) is 2.67. The smallest absolute Gasteiger partial charge is 0.387 e. The Kier molecular flexibility index (Phi) is 7.74. The summed E-state index contributed by atoms with van der Waals surface area (Å²) in [4.78, 5) is 24.6. The van der Waals surface area contributed by atoms with Crippen molar-refractivity contribution in [1.29, 1.82) is 0 Å². The van der Waals surface area contributed by atoms with Gasteiger partial charge in [0, 0.05) is 0 Å². The number of amides is 1. The lowest BCUT2D eigenvalue weighted by molar-refractivity contribution is -0.160. The second kappa shape index (κ2) is 10.2. The Labute approximate surface area is 161 Å². The zero-order valence-corrected chi connectivity index (χ0v) is 15.4. The lowest BCUT2D eigenvalue weighted by Gasteiger charge is -2.20. The lowest BCUT2D eigenvalue weighted by atomic mass is 10.2. The molecule has 0 aliphatic heterocycles. The Morgan fingerprint density at radius 2 is 1.64 bits per heavy atom. The quantitative estimate of drug-likeness (QED) is 0.652. The number of carbonyl (C=O) groups excluding carboxylic acids is 2. The molecule has 1 N–H and O–H groups in total. The van der Waals surface area contributed by atoms with E-state index in [1.54, 1.807) is 37.3 Å². The van der Waals surface area contributed by atoms with Crippen LogP contribution in [0.1, 0.15) is 20.3 Å². The first-order valence-electron chi connectivity index (χ1n) is 8.67. The molecule has 6 nitrogen and oxygen atoms in total. The summed E-state index contributed by atoms with van der Waals surface area (Å²) in [5.41, 5.74) is 0.0447. The minimum absolute atomic E-state index is 0.0447. The van der Waals surface area contributed by atoms with E-state index in [9.17, 15) is 18.4 Å². The molecule has 2 atom stereocenters. The zero-order chi connectivity index (χ0) is 20.5. The van der Waals surface area contributed by atoms with Gasteiger partial charge in [-0.15, -0.1) is 0 Å². The van der Waals surface area contributed by atoms with E-state index in [-0.39, 0.29) is 11.4 Å². The van der Waals surface area contributed by atoms with E-state index in [4.69, 9.17) is 9.47 Å². The van der Waals surface area contributed by atoms with Gasteiger partial charge in [-0.05, 0) is 37.6 Å². The Hall–Kier alpha value is -3.16. The highest BCUT2D eigenvalue weighted by molar-refractivity contribution is 5.96. The maximum absolute atomic E-state index is 12.5. The van der Waals surface area contributed by atoms with Crippen LogP contribution in [0.3, 0.4) is 0 Å². The second-order valence-corrected chi connectivity index (χ2v) is 5.77. The third-order valence-electron chi connectivity index (χ3n) is 3.68. The van der Waals surface area contributed by atoms with Crippen LogP contribution in [0.15, 0.2) is 54.6 Å². The van der Waals surface area contributed by atoms with Gasteiger partial charge in [-0.1, -0.05) is 37.3 Å². The van der Waals surface area contributed by atoms with Crippen LogP contribution in [0.5, 0.6) is 11.5 Å². The minimum atomic E-state index is -3.03. The monoisotopic (exact) mass is 393 g/mol. The molecule has 2 rings (SSSR count). The number of halogens is 2. The van der Waals surface area contributed by atoms with Gasteiger partial charge in [0.15, 0.2) is 12.2 Å². The third-order valence-corrected chi connectivity index (χ3v) is 3.68. The normalized spacial score (nSPS) is 12.8. The minimum Gasteiger partial charge on any atom is -0.479 e. The summed E-state index contributed by atoms with van der Waals surface area (Å²) in [5, 5.41) is 2.41. The SMILES string of the molecule is CC[C@H](Oc1ccccc1)C(=O)O[C@@H](C)C(=O)Nc1ccccc1OC(F)F. The first-order chi connectivity index (χ1) is 13.4. The predicted octanol–water partition coefficient (Wildman–Crippen LogP) is 4.02. The van der Waals surface area contributed by atoms with Crippen molar-refractivity contribution in [3.05, 3.63) is 54.6 Å². The van der Waals surface area contributed by atoms with E-state index in [2.05, 4.69) is 10.1 Å². The van der Waals surface area contributed by atoms with Crippen LogP contribution in [0, 0.1) is 0 Å². The predicted molar refractivity (Wildman–Crippen MR) is 98.4 cm³/mol. The van der Waals surface area contributed by atoms with Crippen LogP contribution < -0.4 is 14.8 Å². The highest BCUT2D eigenvalue weighted by Crippen LogP contribution is 2.25. The van der Waals surface area contributed by atoms with Crippen LogP contribution in [-0.4, -0.2) is 30.7 Å². The highest BCUT2D eigenvalue weighted by Gasteiger charge is 2.26. The van der Waals surface area contributed by atoms with Crippen molar-refractivity contribution >= 4 is 17.6 Å². The number of ether oxygens (including phenoxy) is 3. The molecular weight excluding hydrogens is 372 g/mol.